The van der Waals surface area contributed by atoms with Gasteiger partial charge in [0.05, 0.1) is 13.2 Å². The zero-order chi connectivity index (χ0) is 21.6. The van der Waals surface area contributed by atoms with Gasteiger partial charge < -0.3 is 30.3 Å². The number of hydrogen-bond donors (Lipinski definition) is 4. The Morgan fingerprint density at radius 3 is 1.40 bits per heavy atom. The summed E-state index contributed by atoms with van der Waals surface area (Å²) >= 11 is 0. The number of rotatable bonds is 15. The van der Waals surface area contributed by atoms with Crippen molar-refractivity contribution < 1.29 is 29.3 Å². The van der Waals surface area contributed by atoms with Crippen LogP contribution in [0, 0.1) is 0 Å². The first-order chi connectivity index (χ1) is 14.6. The Labute approximate surface area is 175 Å². The molecule has 2 aromatic rings. The first-order valence-electron chi connectivity index (χ1n) is 9.74. The molecule has 0 saturated heterocycles. The Bertz CT molecular complexity index is 691. The summed E-state index contributed by atoms with van der Waals surface area (Å²) in [5.74, 6) is -2.07. The number of carbonyl (C=O) groups is 2. The average Bonchev–Trinajstić information content (AvgIpc) is 2.75. The SMILES string of the molecule is O=C(O)C(CNCCNCC(OCc1ccccc1)C(=O)O)OCc1ccccc1. The highest BCUT2D eigenvalue weighted by molar-refractivity contribution is 5.73. The van der Waals surface area contributed by atoms with Crippen molar-refractivity contribution >= 4 is 11.9 Å². The molecule has 2 atom stereocenters. The summed E-state index contributed by atoms with van der Waals surface area (Å²) in [6.45, 7) is 1.66. The van der Waals surface area contributed by atoms with E-state index < -0.39 is 24.1 Å². The highest BCUT2D eigenvalue weighted by Crippen LogP contribution is 2.04. The van der Waals surface area contributed by atoms with Crippen LogP contribution in [0.3, 0.4) is 0 Å². The van der Waals surface area contributed by atoms with E-state index >= 15 is 0 Å². The summed E-state index contributed by atoms with van der Waals surface area (Å²) in [4.78, 5) is 22.7. The van der Waals surface area contributed by atoms with E-state index in [1.807, 2.05) is 60.7 Å². The standard InChI is InChI=1S/C22H28N2O6/c25-21(26)19(29-15-17-7-3-1-4-8-17)13-23-11-12-24-14-20(22(27)28)30-16-18-9-5-2-6-10-18/h1-10,19-20,23-24H,11-16H2,(H,25,26)(H,27,28). The Kier molecular flexibility index (Phi) is 10.5. The van der Waals surface area contributed by atoms with Crippen molar-refractivity contribution in [3.05, 3.63) is 71.8 Å². The fourth-order valence-electron chi connectivity index (χ4n) is 2.62. The molecule has 0 radical (unpaired) electrons. The van der Waals surface area contributed by atoms with E-state index in [1.165, 1.54) is 0 Å². The van der Waals surface area contributed by atoms with E-state index in [1.54, 1.807) is 0 Å². The zero-order valence-corrected chi connectivity index (χ0v) is 16.7. The summed E-state index contributed by atoms with van der Waals surface area (Å²) in [7, 11) is 0. The zero-order valence-electron chi connectivity index (χ0n) is 16.7. The van der Waals surface area contributed by atoms with Crippen molar-refractivity contribution in [2.45, 2.75) is 25.4 Å². The molecular weight excluding hydrogens is 388 g/mol. The number of nitrogens with one attached hydrogen (secondary N) is 2. The second-order valence-corrected chi connectivity index (χ2v) is 6.66. The Balaban J connectivity index is 1.62. The molecule has 2 unspecified atom stereocenters. The fourth-order valence-corrected chi connectivity index (χ4v) is 2.62. The molecule has 0 heterocycles. The van der Waals surface area contributed by atoms with Crippen molar-refractivity contribution in [3.8, 4) is 0 Å². The lowest BCUT2D eigenvalue weighted by atomic mass is 10.2. The van der Waals surface area contributed by atoms with Gasteiger partial charge in [0, 0.05) is 26.2 Å². The lowest BCUT2D eigenvalue weighted by Crippen LogP contribution is -2.41. The molecule has 0 fully saturated rings. The van der Waals surface area contributed by atoms with Gasteiger partial charge in [0.15, 0.2) is 12.2 Å². The number of benzene rings is 2. The highest BCUT2D eigenvalue weighted by atomic mass is 16.5. The van der Waals surface area contributed by atoms with Crippen LogP contribution in [0.15, 0.2) is 60.7 Å². The second kappa shape index (κ2) is 13.4. The minimum absolute atomic E-state index is 0.150. The van der Waals surface area contributed by atoms with Crippen LogP contribution in [-0.2, 0) is 32.3 Å². The molecule has 8 nitrogen and oxygen atoms in total. The van der Waals surface area contributed by atoms with E-state index in [0.717, 1.165) is 11.1 Å². The van der Waals surface area contributed by atoms with E-state index in [4.69, 9.17) is 9.47 Å². The van der Waals surface area contributed by atoms with Gasteiger partial charge in [-0.05, 0) is 11.1 Å². The van der Waals surface area contributed by atoms with E-state index in [2.05, 4.69) is 10.6 Å². The van der Waals surface area contributed by atoms with Gasteiger partial charge in [-0.2, -0.15) is 0 Å². The van der Waals surface area contributed by atoms with Crippen molar-refractivity contribution in [1.82, 2.24) is 10.6 Å². The van der Waals surface area contributed by atoms with Crippen molar-refractivity contribution in [3.63, 3.8) is 0 Å². The summed E-state index contributed by atoms with van der Waals surface area (Å²) in [6.07, 6.45) is -1.93. The minimum Gasteiger partial charge on any atom is -0.479 e. The third-order valence-electron chi connectivity index (χ3n) is 4.28. The molecule has 30 heavy (non-hydrogen) atoms. The molecule has 4 N–H and O–H groups in total. The first-order valence-corrected chi connectivity index (χ1v) is 9.74. The van der Waals surface area contributed by atoms with E-state index in [-0.39, 0.29) is 26.3 Å². The number of carboxylic acids is 2. The van der Waals surface area contributed by atoms with E-state index in [9.17, 15) is 19.8 Å². The van der Waals surface area contributed by atoms with Crippen LogP contribution in [0.2, 0.25) is 0 Å². The summed E-state index contributed by atoms with van der Waals surface area (Å²) in [5.41, 5.74) is 1.81. The predicted molar refractivity (Wildman–Crippen MR) is 111 cm³/mol. The fraction of sp³-hybridized carbons (Fsp3) is 0.364. The Morgan fingerprint density at radius 1 is 0.700 bits per heavy atom. The molecule has 8 heteroatoms. The van der Waals surface area contributed by atoms with Crippen LogP contribution in [-0.4, -0.2) is 60.5 Å². The molecule has 0 aliphatic carbocycles. The topological polar surface area (TPSA) is 117 Å². The maximum Gasteiger partial charge on any atom is 0.334 e. The lowest BCUT2D eigenvalue weighted by Gasteiger charge is -2.16. The Morgan fingerprint density at radius 2 is 1.07 bits per heavy atom. The normalized spacial score (nSPS) is 12.9. The second-order valence-electron chi connectivity index (χ2n) is 6.66. The maximum absolute atomic E-state index is 11.3. The molecule has 0 aliphatic rings. The van der Waals surface area contributed by atoms with Gasteiger partial charge in [-0.15, -0.1) is 0 Å². The van der Waals surface area contributed by atoms with Crippen molar-refractivity contribution in [2.75, 3.05) is 26.2 Å². The molecule has 0 bridgehead atoms. The first kappa shape index (κ1) is 23.5. The van der Waals surface area contributed by atoms with Crippen LogP contribution in [0.25, 0.3) is 0 Å². The van der Waals surface area contributed by atoms with Gasteiger partial charge in [0.1, 0.15) is 0 Å². The summed E-state index contributed by atoms with van der Waals surface area (Å²) in [6, 6.07) is 18.7. The number of ether oxygens (including phenoxy) is 2. The third-order valence-corrected chi connectivity index (χ3v) is 4.28. The summed E-state index contributed by atoms with van der Waals surface area (Å²) in [5, 5.41) is 24.6. The Hall–Kier alpha value is -2.78. The number of hydrogen-bond acceptors (Lipinski definition) is 6. The van der Waals surface area contributed by atoms with Crippen LogP contribution >= 0.6 is 0 Å². The molecule has 162 valence electrons. The quantitative estimate of drug-likeness (QED) is 0.323. The van der Waals surface area contributed by atoms with Crippen LogP contribution < -0.4 is 10.6 Å². The van der Waals surface area contributed by atoms with Gasteiger partial charge in [-0.1, -0.05) is 60.7 Å². The minimum atomic E-state index is -1.04. The number of aliphatic carboxylic acids is 2. The number of carboxylic acid groups (broad SMARTS) is 2. The highest BCUT2D eigenvalue weighted by Gasteiger charge is 2.19. The molecule has 0 saturated carbocycles. The van der Waals surface area contributed by atoms with E-state index in [0.29, 0.717) is 13.1 Å². The van der Waals surface area contributed by atoms with Gasteiger partial charge in [0.2, 0.25) is 0 Å². The van der Waals surface area contributed by atoms with Gasteiger partial charge in [0.25, 0.3) is 0 Å². The molecule has 2 rings (SSSR count). The lowest BCUT2D eigenvalue weighted by molar-refractivity contribution is -0.151. The maximum atomic E-state index is 11.3. The summed E-state index contributed by atoms with van der Waals surface area (Å²) < 4.78 is 10.9. The molecule has 2 aromatic carbocycles. The van der Waals surface area contributed by atoms with Crippen molar-refractivity contribution in [1.29, 1.82) is 0 Å². The van der Waals surface area contributed by atoms with Crippen molar-refractivity contribution in [2.24, 2.45) is 0 Å². The monoisotopic (exact) mass is 416 g/mol. The van der Waals surface area contributed by atoms with Gasteiger partial charge in [-0.3, -0.25) is 0 Å². The largest absolute Gasteiger partial charge is 0.479 e. The van der Waals surface area contributed by atoms with Gasteiger partial charge in [-0.25, -0.2) is 9.59 Å². The third kappa shape index (κ3) is 9.15. The molecule has 0 amide bonds. The predicted octanol–water partition coefficient (Wildman–Crippen LogP) is 1.51. The molecular formula is C22H28N2O6. The van der Waals surface area contributed by atoms with Gasteiger partial charge >= 0.3 is 11.9 Å². The molecule has 0 aliphatic heterocycles. The van der Waals surface area contributed by atoms with Crippen LogP contribution in [0.1, 0.15) is 11.1 Å². The van der Waals surface area contributed by atoms with Crippen LogP contribution in [0.4, 0.5) is 0 Å². The molecule has 0 aromatic heterocycles. The molecule has 0 spiro atoms. The smallest absolute Gasteiger partial charge is 0.334 e. The average molecular weight is 416 g/mol. The van der Waals surface area contributed by atoms with Crippen LogP contribution in [0.5, 0.6) is 0 Å².